The number of allylic oxidation sites excluding steroid dienone is 2. The standard InChI is InChI=1S/C42H44N4O9/c1-52-33-21-24(22-34(53-2)38(33)47)35-29-11-12-30-36(41(50)45(39(30)48)27-7-3-25(4-8-27)43-13-17-54-18-14-43)31(29)23-32-37(35)42(51)46(40(32)49)28-9-5-26(6-10-28)44-15-19-55-20-16-44/h3-11,21-22,30-32,35-37,47H,12-20,23H2,1-2H3. The van der Waals surface area contributed by atoms with Gasteiger partial charge in [-0.3, -0.25) is 29.0 Å². The highest BCUT2D eigenvalue weighted by Crippen LogP contribution is 2.59. The summed E-state index contributed by atoms with van der Waals surface area (Å²) in [5.41, 5.74) is 4.44. The van der Waals surface area contributed by atoms with E-state index in [9.17, 15) is 24.3 Å². The molecule has 0 radical (unpaired) electrons. The molecule has 4 aliphatic heterocycles. The molecule has 13 nitrogen and oxygen atoms in total. The smallest absolute Gasteiger partial charge is 0.238 e. The van der Waals surface area contributed by atoms with Gasteiger partial charge in [-0.1, -0.05) is 11.6 Å². The fraction of sp³-hybridized carbons (Fsp3) is 0.429. The average molecular weight is 749 g/mol. The number of imide groups is 2. The van der Waals surface area contributed by atoms with E-state index in [1.807, 2.05) is 54.6 Å². The van der Waals surface area contributed by atoms with Crippen molar-refractivity contribution in [1.29, 1.82) is 0 Å². The van der Waals surface area contributed by atoms with Crippen LogP contribution in [0.3, 0.4) is 0 Å². The number of carbonyl (C=O) groups excluding carboxylic acids is 4. The van der Waals surface area contributed by atoms with Gasteiger partial charge >= 0.3 is 0 Å². The van der Waals surface area contributed by atoms with Crippen LogP contribution in [0.4, 0.5) is 22.7 Å². The van der Waals surface area contributed by atoms with Gasteiger partial charge in [-0.15, -0.1) is 0 Å². The molecule has 55 heavy (non-hydrogen) atoms. The Morgan fingerprint density at radius 3 is 1.55 bits per heavy atom. The third-order valence-corrected chi connectivity index (χ3v) is 12.5. The zero-order valence-electron chi connectivity index (χ0n) is 30.9. The van der Waals surface area contributed by atoms with E-state index in [1.165, 1.54) is 24.0 Å². The number of amides is 4. The van der Waals surface area contributed by atoms with Gasteiger partial charge in [0.05, 0.1) is 75.7 Å². The Hall–Kier alpha value is -5.40. The lowest BCUT2D eigenvalue weighted by Crippen LogP contribution is -2.43. The Morgan fingerprint density at radius 2 is 1.05 bits per heavy atom. The molecular weight excluding hydrogens is 704 g/mol. The predicted molar refractivity (Wildman–Crippen MR) is 203 cm³/mol. The second-order valence-electron chi connectivity index (χ2n) is 15.1. The van der Waals surface area contributed by atoms with E-state index in [4.69, 9.17) is 18.9 Å². The molecular formula is C42H44N4O9. The average Bonchev–Trinajstić information content (AvgIpc) is 3.64. The Labute approximate surface area is 319 Å². The molecule has 3 aromatic rings. The van der Waals surface area contributed by atoms with E-state index >= 15 is 0 Å². The van der Waals surface area contributed by atoms with E-state index in [2.05, 4.69) is 9.80 Å². The molecule has 6 atom stereocenters. The van der Waals surface area contributed by atoms with Crippen LogP contribution in [0.1, 0.15) is 24.3 Å². The van der Waals surface area contributed by atoms with Crippen LogP contribution < -0.4 is 29.1 Å². The number of hydrogen-bond acceptors (Lipinski definition) is 11. The molecule has 1 saturated carbocycles. The van der Waals surface area contributed by atoms with Crippen molar-refractivity contribution in [3.63, 3.8) is 0 Å². The van der Waals surface area contributed by atoms with Crippen molar-refractivity contribution in [3.8, 4) is 17.2 Å². The summed E-state index contributed by atoms with van der Waals surface area (Å²) in [5.74, 6) is -5.06. The minimum absolute atomic E-state index is 0.161. The maximum absolute atomic E-state index is 14.7. The van der Waals surface area contributed by atoms with Gasteiger partial charge in [0.15, 0.2) is 11.5 Å². The fourth-order valence-corrected chi connectivity index (χ4v) is 9.83. The molecule has 4 heterocycles. The van der Waals surface area contributed by atoms with E-state index < -0.39 is 35.5 Å². The molecule has 13 heteroatoms. The SMILES string of the molecule is COc1cc(C2C3=CCC4C(=O)N(c5ccc(N6CCOCC6)cc5)C(=O)C4C3CC3C(=O)N(c4ccc(N5CCOCC5)cc4)C(=O)C32)cc(OC)c1O. The topological polar surface area (TPSA) is 138 Å². The minimum Gasteiger partial charge on any atom is -0.502 e. The summed E-state index contributed by atoms with van der Waals surface area (Å²) in [4.78, 5) is 65.0. The molecule has 0 spiro atoms. The number of nitrogens with zero attached hydrogens (tertiary/aromatic N) is 4. The zero-order valence-corrected chi connectivity index (χ0v) is 30.9. The van der Waals surface area contributed by atoms with Crippen molar-refractivity contribution in [2.75, 3.05) is 86.4 Å². The van der Waals surface area contributed by atoms with Gasteiger partial charge in [0, 0.05) is 43.5 Å². The summed E-state index contributed by atoms with van der Waals surface area (Å²) in [6.07, 6.45) is 2.57. The molecule has 6 aliphatic rings. The van der Waals surface area contributed by atoms with Crippen LogP contribution in [-0.2, 0) is 28.7 Å². The molecule has 6 unspecified atom stereocenters. The lowest BCUT2D eigenvalue weighted by molar-refractivity contribution is -0.126. The summed E-state index contributed by atoms with van der Waals surface area (Å²) in [6, 6.07) is 18.3. The van der Waals surface area contributed by atoms with Gasteiger partial charge in [-0.05, 0) is 85.0 Å². The van der Waals surface area contributed by atoms with Gasteiger partial charge < -0.3 is 33.9 Å². The molecule has 286 valence electrons. The van der Waals surface area contributed by atoms with Crippen molar-refractivity contribution in [2.45, 2.75) is 18.8 Å². The van der Waals surface area contributed by atoms with Gasteiger partial charge in [0.1, 0.15) is 0 Å². The maximum atomic E-state index is 14.7. The van der Waals surface area contributed by atoms with E-state index in [-0.39, 0.29) is 47.3 Å². The highest BCUT2D eigenvalue weighted by Gasteiger charge is 2.62. The Morgan fingerprint density at radius 1 is 0.600 bits per heavy atom. The molecule has 0 aromatic heterocycles. The summed E-state index contributed by atoms with van der Waals surface area (Å²) >= 11 is 0. The molecule has 2 aliphatic carbocycles. The highest BCUT2D eigenvalue weighted by molar-refractivity contribution is 6.24. The van der Waals surface area contributed by atoms with Crippen molar-refractivity contribution in [2.24, 2.45) is 29.6 Å². The number of ether oxygens (including phenoxy) is 4. The predicted octanol–water partition coefficient (Wildman–Crippen LogP) is 4.13. The first kappa shape index (κ1) is 35.3. The van der Waals surface area contributed by atoms with Crippen LogP contribution >= 0.6 is 0 Å². The minimum atomic E-state index is -0.791. The van der Waals surface area contributed by atoms with E-state index in [0.29, 0.717) is 49.8 Å². The second-order valence-corrected chi connectivity index (χ2v) is 15.1. The van der Waals surface area contributed by atoms with Gasteiger partial charge in [-0.25, -0.2) is 0 Å². The molecule has 9 rings (SSSR count). The number of carbonyl (C=O) groups is 4. The number of aromatic hydroxyl groups is 1. The molecule has 3 aromatic carbocycles. The van der Waals surface area contributed by atoms with Gasteiger partial charge in [-0.2, -0.15) is 0 Å². The Bertz CT molecular complexity index is 2030. The first-order valence-corrected chi connectivity index (χ1v) is 19.0. The van der Waals surface area contributed by atoms with Crippen LogP contribution in [0.5, 0.6) is 17.2 Å². The maximum Gasteiger partial charge on any atom is 0.238 e. The van der Waals surface area contributed by atoms with Crippen LogP contribution in [0.2, 0.25) is 0 Å². The lowest BCUT2D eigenvalue weighted by Gasteiger charge is -2.44. The molecule has 4 amide bonds. The quantitative estimate of drug-likeness (QED) is 0.276. The van der Waals surface area contributed by atoms with Crippen LogP contribution in [0, 0.1) is 29.6 Å². The number of phenols is 1. The number of hydrogen-bond donors (Lipinski definition) is 1. The van der Waals surface area contributed by atoms with Crippen LogP contribution in [0.25, 0.3) is 0 Å². The van der Waals surface area contributed by atoms with Gasteiger partial charge in [0.2, 0.25) is 29.4 Å². The molecule has 4 saturated heterocycles. The van der Waals surface area contributed by atoms with Crippen molar-refractivity contribution in [1.82, 2.24) is 0 Å². The van der Waals surface area contributed by atoms with Crippen LogP contribution in [0.15, 0.2) is 72.3 Å². The van der Waals surface area contributed by atoms with E-state index in [1.54, 1.807) is 12.1 Å². The van der Waals surface area contributed by atoms with Crippen molar-refractivity contribution >= 4 is 46.4 Å². The van der Waals surface area contributed by atoms with Crippen molar-refractivity contribution < 1.29 is 43.2 Å². The number of methoxy groups -OCH3 is 2. The third-order valence-electron chi connectivity index (χ3n) is 12.5. The number of benzene rings is 3. The summed E-state index contributed by atoms with van der Waals surface area (Å²) in [7, 11) is 2.87. The monoisotopic (exact) mass is 748 g/mol. The number of rotatable bonds is 7. The Kier molecular flexibility index (Phi) is 9.01. The third kappa shape index (κ3) is 5.74. The van der Waals surface area contributed by atoms with Crippen molar-refractivity contribution in [3.05, 3.63) is 77.9 Å². The first-order valence-electron chi connectivity index (χ1n) is 19.0. The van der Waals surface area contributed by atoms with Crippen LogP contribution in [-0.4, -0.2) is 95.6 Å². The van der Waals surface area contributed by atoms with E-state index in [0.717, 1.165) is 43.1 Å². The summed E-state index contributed by atoms with van der Waals surface area (Å²) in [6.45, 7) is 5.59. The lowest BCUT2D eigenvalue weighted by atomic mass is 9.57. The number of phenolic OH excluding ortho intramolecular Hbond substituents is 1. The fourth-order valence-electron chi connectivity index (χ4n) is 9.83. The number of fused-ring (bicyclic) bond motifs is 4. The Balaban J connectivity index is 1.08. The largest absolute Gasteiger partial charge is 0.502 e. The van der Waals surface area contributed by atoms with Gasteiger partial charge in [0.25, 0.3) is 0 Å². The number of morpholine rings is 2. The zero-order chi connectivity index (χ0) is 38.0. The molecule has 5 fully saturated rings. The summed E-state index contributed by atoms with van der Waals surface area (Å²) in [5, 5.41) is 10.8. The molecule has 1 N–H and O–H groups in total. The summed E-state index contributed by atoms with van der Waals surface area (Å²) < 4.78 is 22.1. The first-order chi connectivity index (χ1) is 26.8. The second kappa shape index (κ2) is 14.0. The molecule has 0 bridgehead atoms. The normalized spacial score (nSPS) is 27.9. The highest BCUT2D eigenvalue weighted by atomic mass is 16.5. The number of anilines is 4.